The quantitative estimate of drug-likeness (QED) is 0.631. The molecule has 0 spiro atoms. The van der Waals surface area contributed by atoms with E-state index in [1.54, 1.807) is 0 Å². The van der Waals surface area contributed by atoms with Crippen LogP contribution >= 0.6 is 0 Å². The highest BCUT2D eigenvalue weighted by Gasteiger charge is 2.17. The normalized spacial score (nSPS) is 10.6. The van der Waals surface area contributed by atoms with Gasteiger partial charge in [-0.05, 0) is 0 Å². The van der Waals surface area contributed by atoms with Crippen LogP contribution in [-0.4, -0.2) is 64.4 Å². The number of ether oxygens (including phenoxy) is 2. The van der Waals surface area contributed by atoms with Gasteiger partial charge in [-0.3, -0.25) is 0 Å². The topological polar surface area (TPSA) is 50.8 Å². The number of amides is 2. The second kappa shape index (κ2) is 9.29. The third-order valence-corrected chi connectivity index (χ3v) is 1.79. The summed E-state index contributed by atoms with van der Waals surface area (Å²) in [7, 11) is 2.94. The summed E-state index contributed by atoms with van der Waals surface area (Å²) in [5.41, 5.74) is 0. The van der Waals surface area contributed by atoms with Crippen molar-refractivity contribution >= 4 is 6.03 Å². The second-order valence-corrected chi connectivity index (χ2v) is 3.05. The maximum Gasteiger partial charge on any atom is 0.317 e. The first-order chi connectivity index (χ1) is 7.61. The highest BCUT2D eigenvalue weighted by atomic mass is 19.3. The second-order valence-electron chi connectivity index (χ2n) is 3.05. The van der Waals surface area contributed by atoms with E-state index in [1.807, 2.05) is 0 Å². The van der Waals surface area contributed by atoms with Crippen molar-refractivity contribution in [2.24, 2.45) is 0 Å². The molecule has 0 aromatic heterocycles. The minimum Gasteiger partial charge on any atom is -0.383 e. The molecule has 0 atom stereocenters. The Bertz CT molecular complexity index is 194. The number of urea groups is 1. The average Bonchev–Trinajstić information content (AvgIpc) is 2.23. The summed E-state index contributed by atoms with van der Waals surface area (Å²) in [6.45, 7) is 0.410. The lowest BCUT2D eigenvalue weighted by molar-refractivity contribution is 0.0827. The number of nitrogens with one attached hydrogen (secondary N) is 1. The number of hydrogen-bond donors (Lipinski definition) is 1. The molecule has 0 aliphatic heterocycles. The highest BCUT2D eigenvalue weighted by Crippen LogP contribution is 1.98. The van der Waals surface area contributed by atoms with Crippen molar-refractivity contribution in [3.05, 3.63) is 0 Å². The van der Waals surface area contributed by atoms with Gasteiger partial charge in [-0.25, -0.2) is 13.6 Å². The van der Waals surface area contributed by atoms with E-state index in [0.29, 0.717) is 13.2 Å². The molecule has 0 bridgehead atoms. The van der Waals surface area contributed by atoms with Gasteiger partial charge in [0.1, 0.15) is 0 Å². The Hall–Kier alpha value is -0.950. The molecule has 7 heteroatoms. The molecule has 5 nitrogen and oxygen atoms in total. The third-order valence-electron chi connectivity index (χ3n) is 1.79. The van der Waals surface area contributed by atoms with Crippen molar-refractivity contribution in [2.75, 3.05) is 47.1 Å². The SMILES string of the molecule is COCCNC(=O)N(CCOC)CC(F)F. The van der Waals surface area contributed by atoms with Gasteiger partial charge in [0, 0.05) is 27.3 Å². The van der Waals surface area contributed by atoms with Crippen LogP contribution in [0.2, 0.25) is 0 Å². The van der Waals surface area contributed by atoms with Crippen LogP contribution in [0.25, 0.3) is 0 Å². The molecule has 16 heavy (non-hydrogen) atoms. The van der Waals surface area contributed by atoms with Gasteiger partial charge in [0.05, 0.1) is 19.8 Å². The summed E-state index contributed by atoms with van der Waals surface area (Å²) in [5, 5.41) is 2.47. The number of alkyl halides is 2. The van der Waals surface area contributed by atoms with Gasteiger partial charge >= 0.3 is 6.03 Å². The van der Waals surface area contributed by atoms with E-state index in [2.05, 4.69) is 5.32 Å². The van der Waals surface area contributed by atoms with Crippen LogP contribution < -0.4 is 5.32 Å². The van der Waals surface area contributed by atoms with Gasteiger partial charge in [0.25, 0.3) is 6.43 Å². The number of halogens is 2. The molecule has 0 radical (unpaired) electrons. The summed E-state index contributed by atoms with van der Waals surface area (Å²) in [6.07, 6.45) is -2.55. The Morgan fingerprint density at radius 1 is 1.31 bits per heavy atom. The summed E-state index contributed by atoms with van der Waals surface area (Å²) in [4.78, 5) is 12.4. The summed E-state index contributed by atoms with van der Waals surface area (Å²) in [6, 6.07) is -0.533. The number of carbonyl (C=O) groups is 1. The molecule has 0 heterocycles. The van der Waals surface area contributed by atoms with Gasteiger partial charge in [-0.15, -0.1) is 0 Å². The lowest BCUT2D eigenvalue weighted by atomic mass is 10.5. The van der Waals surface area contributed by atoms with Crippen LogP contribution in [0, 0.1) is 0 Å². The zero-order chi connectivity index (χ0) is 12.4. The molecular formula is C9H18F2N2O3. The maximum atomic E-state index is 12.2. The van der Waals surface area contributed by atoms with Crippen molar-refractivity contribution in [3.63, 3.8) is 0 Å². The molecule has 0 aromatic rings. The van der Waals surface area contributed by atoms with E-state index in [-0.39, 0.29) is 13.2 Å². The molecule has 2 amide bonds. The number of rotatable bonds is 8. The van der Waals surface area contributed by atoms with E-state index in [1.165, 1.54) is 14.2 Å². The summed E-state index contributed by atoms with van der Waals surface area (Å²) < 4.78 is 33.8. The van der Waals surface area contributed by atoms with E-state index in [9.17, 15) is 13.6 Å². The van der Waals surface area contributed by atoms with E-state index < -0.39 is 19.0 Å². The van der Waals surface area contributed by atoms with Crippen LogP contribution in [0.5, 0.6) is 0 Å². The van der Waals surface area contributed by atoms with E-state index in [0.717, 1.165) is 4.90 Å². The van der Waals surface area contributed by atoms with Crippen LogP contribution in [0.1, 0.15) is 0 Å². The van der Waals surface area contributed by atoms with Crippen LogP contribution in [0.4, 0.5) is 13.6 Å². The van der Waals surface area contributed by atoms with Gasteiger partial charge in [-0.1, -0.05) is 0 Å². The molecule has 0 saturated heterocycles. The van der Waals surface area contributed by atoms with Crippen molar-refractivity contribution in [2.45, 2.75) is 6.43 Å². The minimum atomic E-state index is -2.55. The molecule has 0 aromatic carbocycles. The Morgan fingerprint density at radius 2 is 1.94 bits per heavy atom. The molecule has 0 saturated carbocycles. The van der Waals surface area contributed by atoms with Gasteiger partial charge in [0.2, 0.25) is 0 Å². The van der Waals surface area contributed by atoms with Gasteiger partial charge in [0.15, 0.2) is 0 Å². The average molecular weight is 240 g/mol. The van der Waals surface area contributed by atoms with Crippen molar-refractivity contribution < 1.29 is 23.0 Å². The fourth-order valence-corrected chi connectivity index (χ4v) is 1.02. The standard InChI is InChI=1S/C9H18F2N2O3/c1-15-5-3-12-9(14)13(4-6-16-2)7-8(10)11/h8H,3-7H2,1-2H3,(H,12,14). The molecule has 0 fully saturated rings. The Kier molecular flexibility index (Phi) is 8.74. The molecule has 1 N–H and O–H groups in total. The maximum absolute atomic E-state index is 12.2. The van der Waals surface area contributed by atoms with Crippen LogP contribution in [0.15, 0.2) is 0 Å². The third kappa shape index (κ3) is 7.36. The lowest BCUT2D eigenvalue weighted by Gasteiger charge is -2.22. The molecule has 0 rings (SSSR count). The molecule has 0 unspecified atom stereocenters. The first-order valence-electron chi connectivity index (χ1n) is 4.90. The van der Waals surface area contributed by atoms with E-state index >= 15 is 0 Å². The van der Waals surface area contributed by atoms with Crippen molar-refractivity contribution in [1.29, 1.82) is 0 Å². The zero-order valence-electron chi connectivity index (χ0n) is 9.54. The van der Waals surface area contributed by atoms with Gasteiger partial charge < -0.3 is 19.7 Å². The zero-order valence-corrected chi connectivity index (χ0v) is 9.54. The molecular weight excluding hydrogens is 222 g/mol. The lowest BCUT2D eigenvalue weighted by Crippen LogP contribution is -2.44. The number of methoxy groups -OCH3 is 2. The number of carbonyl (C=O) groups excluding carboxylic acids is 1. The van der Waals surface area contributed by atoms with Crippen LogP contribution in [-0.2, 0) is 9.47 Å². The monoisotopic (exact) mass is 240 g/mol. The van der Waals surface area contributed by atoms with Crippen molar-refractivity contribution in [1.82, 2.24) is 10.2 Å². The van der Waals surface area contributed by atoms with Crippen LogP contribution in [0.3, 0.4) is 0 Å². The molecule has 0 aliphatic rings. The number of hydrogen-bond acceptors (Lipinski definition) is 3. The first kappa shape index (κ1) is 15.0. The summed E-state index contributed by atoms with van der Waals surface area (Å²) in [5.74, 6) is 0. The van der Waals surface area contributed by atoms with E-state index in [4.69, 9.17) is 9.47 Å². The molecule has 96 valence electrons. The fourth-order valence-electron chi connectivity index (χ4n) is 1.02. The largest absolute Gasteiger partial charge is 0.383 e. The fraction of sp³-hybridized carbons (Fsp3) is 0.889. The Labute approximate surface area is 93.7 Å². The Morgan fingerprint density at radius 3 is 2.44 bits per heavy atom. The minimum absolute atomic E-state index is 0.139. The summed E-state index contributed by atoms with van der Waals surface area (Å²) >= 11 is 0. The smallest absolute Gasteiger partial charge is 0.317 e. The number of nitrogens with zero attached hydrogens (tertiary/aromatic N) is 1. The van der Waals surface area contributed by atoms with Gasteiger partial charge in [-0.2, -0.15) is 0 Å². The van der Waals surface area contributed by atoms with Crippen molar-refractivity contribution in [3.8, 4) is 0 Å². The first-order valence-corrected chi connectivity index (χ1v) is 4.90. The predicted molar refractivity (Wildman–Crippen MR) is 54.7 cm³/mol. The molecule has 0 aliphatic carbocycles. The highest BCUT2D eigenvalue weighted by molar-refractivity contribution is 5.74. The predicted octanol–water partition coefficient (Wildman–Crippen LogP) is 0.556. The Balaban J connectivity index is 3.99.